The Labute approximate surface area is 128 Å². The molecule has 114 valence electrons. The molecule has 1 saturated heterocycles. The normalized spacial score (nSPS) is 19.0. The number of nitrogens with one attached hydrogen (secondary N) is 2. The summed E-state index contributed by atoms with van der Waals surface area (Å²) in [4.78, 5) is 22.5. The van der Waals surface area contributed by atoms with Crippen LogP contribution in [-0.2, 0) is 4.79 Å². The molecule has 0 bridgehead atoms. The number of urea groups is 1. The second-order valence-electron chi connectivity index (χ2n) is 5.28. The fraction of sp³-hybridized carbons (Fsp3) is 0.467. The molecule has 1 aromatic carbocycles. The van der Waals surface area contributed by atoms with E-state index in [1.165, 1.54) is 0 Å². The van der Waals surface area contributed by atoms with Crippen LogP contribution >= 0.6 is 11.8 Å². The van der Waals surface area contributed by atoms with Crippen molar-refractivity contribution in [3.05, 3.63) is 29.8 Å². The molecule has 0 aromatic heterocycles. The zero-order valence-electron chi connectivity index (χ0n) is 12.0. The van der Waals surface area contributed by atoms with Crippen LogP contribution in [0.25, 0.3) is 0 Å². The minimum atomic E-state index is -0.807. The number of amides is 2. The summed E-state index contributed by atoms with van der Waals surface area (Å²) in [7, 11) is 0. The Hall–Kier alpha value is -1.69. The highest BCUT2D eigenvalue weighted by Gasteiger charge is 2.17. The van der Waals surface area contributed by atoms with Crippen LogP contribution in [0.3, 0.4) is 0 Å². The van der Waals surface area contributed by atoms with Gasteiger partial charge in [0.25, 0.3) is 0 Å². The fourth-order valence-corrected chi connectivity index (χ4v) is 3.43. The van der Waals surface area contributed by atoms with Crippen molar-refractivity contribution in [2.24, 2.45) is 0 Å². The molecule has 1 aliphatic rings. The lowest BCUT2D eigenvalue weighted by atomic mass is 9.98. The van der Waals surface area contributed by atoms with E-state index in [1.54, 1.807) is 12.1 Å². The largest absolute Gasteiger partial charge is 0.481 e. The van der Waals surface area contributed by atoms with Crippen LogP contribution in [0.4, 0.5) is 10.5 Å². The number of aliphatic carboxylic acids is 1. The molecule has 2 atom stereocenters. The maximum Gasteiger partial charge on any atom is 0.319 e. The average Bonchev–Trinajstić information content (AvgIpc) is 2.91. The molecule has 0 radical (unpaired) electrons. The van der Waals surface area contributed by atoms with Crippen LogP contribution in [0.1, 0.15) is 31.2 Å². The third kappa shape index (κ3) is 4.97. The SMILES string of the molecule is CC(CC(=O)O)c1ccc(NC(=O)NC2CCSC2)cc1. The second-order valence-corrected chi connectivity index (χ2v) is 6.43. The van der Waals surface area contributed by atoms with E-state index in [1.807, 2.05) is 30.8 Å². The molecule has 5 nitrogen and oxygen atoms in total. The molecule has 0 aliphatic carbocycles. The number of benzene rings is 1. The summed E-state index contributed by atoms with van der Waals surface area (Å²) >= 11 is 1.85. The Morgan fingerprint density at radius 2 is 2.10 bits per heavy atom. The third-order valence-corrected chi connectivity index (χ3v) is 4.65. The first-order valence-electron chi connectivity index (χ1n) is 7.01. The van der Waals surface area contributed by atoms with E-state index in [-0.39, 0.29) is 24.4 Å². The number of thioether (sulfide) groups is 1. The molecule has 1 fully saturated rings. The number of carboxylic acid groups (broad SMARTS) is 1. The number of hydrogen-bond donors (Lipinski definition) is 3. The van der Waals surface area contributed by atoms with E-state index < -0.39 is 5.97 Å². The molecular weight excluding hydrogens is 288 g/mol. The van der Waals surface area contributed by atoms with Crippen LogP contribution in [0.15, 0.2) is 24.3 Å². The van der Waals surface area contributed by atoms with Crippen molar-refractivity contribution in [3.8, 4) is 0 Å². The Morgan fingerprint density at radius 1 is 1.38 bits per heavy atom. The number of rotatable bonds is 5. The molecule has 0 spiro atoms. The lowest BCUT2D eigenvalue weighted by Crippen LogP contribution is -2.37. The lowest BCUT2D eigenvalue weighted by molar-refractivity contribution is -0.137. The Balaban J connectivity index is 1.86. The molecule has 2 rings (SSSR count). The molecule has 21 heavy (non-hydrogen) atoms. The summed E-state index contributed by atoms with van der Waals surface area (Å²) in [5.74, 6) is 1.22. The number of hydrogen-bond acceptors (Lipinski definition) is 3. The molecule has 0 saturated carbocycles. The van der Waals surface area contributed by atoms with Gasteiger partial charge in [-0.15, -0.1) is 0 Å². The Morgan fingerprint density at radius 3 is 2.67 bits per heavy atom. The first-order valence-corrected chi connectivity index (χ1v) is 8.17. The van der Waals surface area contributed by atoms with E-state index in [0.717, 1.165) is 23.5 Å². The van der Waals surface area contributed by atoms with Gasteiger partial charge >= 0.3 is 12.0 Å². The van der Waals surface area contributed by atoms with Gasteiger partial charge in [0, 0.05) is 17.5 Å². The summed E-state index contributed by atoms with van der Waals surface area (Å²) in [5, 5.41) is 14.5. The van der Waals surface area contributed by atoms with E-state index in [2.05, 4.69) is 10.6 Å². The van der Waals surface area contributed by atoms with Crippen molar-refractivity contribution in [1.29, 1.82) is 0 Å². The van der Waals surface area contributed by atoms with Crippen molar-refractivity contribution in [2.75, 3.05) is 16.8 Å². The smallest absolute Gasteiger partial charge is 0.319 e. The van der Waals surface area contributed by atoms with Gasteiger partial charge < -0.3 is 15.7 Å². The summed E-state index contributed by atoms with van der Waals surface area (Å²) in [6, 6.07) is 7.38. The minimum Gasteiger partial charge on any atom is -0.481 e. The highest BCUT2D eigenvalue weighted by Crippen LogP contribution is 2.21. The third-order valence-electron chi connectivity index (χ3n) is 3.48. The molecule has 3 N–H and O–H groups in total. The zero-order valence-corrected chi connectivity index (χ0v) is 12.8. The van der Waals surface area contributed by atoms with Gasteiger partial charge in [0.2, 0.25) is 0 Å². The standard InChI is InChI=1S/C15H20N2O3S/c1-10(8-14(18)19)11-2-4-12(5-3-11)16-15(20)17-13-6-7-21-9-13/h2-5,10,13H,6-9H2,1H3,(H,18,19)(H2,16,17,20). The van der Waals surface area contributed by atoms with E-state index in [0.29, 0.717) is 5.69 Å². The van der Waals surface area contributed by atoms with E-state index in [9.17, 15) is 9.59 Å². The van der Waals surface area contributed by atoms with Crippen molar-refractivity contribution in [2.45, 2.75) is 31.7 Å². The van der Waals surface area contributed by atoms with Gasteiger partial charge in [-0.05, 0) is 35.8 Å². The number of carbonyl (C=O) groups excluding carboxylic acids is 1. The number of carboxylic acids is 1. The van der Waals surface area contributed by atoms with E-state index >= 15 is 0 Å². The number of carbonyl (C=O) groups is 2. The molecule has 2 amide bonds. The summed E-state index contributed by atoms with van der Waals surface area (Å²) < 4.78 is 0. The highest BCUT2D eigenvalue weighted by atomic mass is 32.2. The fourth-order valence-electron chi connectivity index (χ4n) is 2.28. The topological polar surface area (TPSA) is 78.4 Å². The van der Waals surface area contributed by atoms with Gasteiger partial charge in [-0.2, -0.15) is 11.8 Å². The molecule has 1 aliphatic heterocycles. The lowest BCUT2D eigenvalue weighted by Gasteiger charge is -2.13. The maximum absolute atomic E-state index is 11.8. The van der Waals surface area contributed by atoms with Crippen LogP contribution in [0.5, 0.6) is 0 Å². The first-order chi connectivity index (χ1) is 10.0. The first kappa shape index (κ1) is 15.7. The number of anilines is 1. The van der Waals surface area contributed by atoms with Crippen LogP contribution < -0.4 is 10.6 Å². The van der Waals surface area contributed by atoms with Crippen molar-refractivity contribution < 1.29 is 14.7 Å². The molecule has 2 unspecified atom stereocenters. The quantitative estimate of drug-likeness (QED) is 0.781. The predicted octanol–water partition coefficient (Wildman–Crippen LogP) is 2.89. The highest BCUT2D eigenvalue weighted by molar-refractivity contribution is 7.99. The molecule has 1 heterocycles. The van der Waals surface area contributed by atoms with Gasteiger partial charge in [0.05, 0.1) is 6.42 Å². The summed E-state index contributed by atoms with van der Waals surface area (Å²) in [6.45, 7) is 1.88. The van der Waals surface area contributed by atoms with Crippen LogP contribution in [-0.4, -0.2) is 34.7 Å². The average molecular weight is 308 g/mol. The molecule has 1 aromatic rings. The van der Waals surface area contributed by atoms with Gasteiger partial charge in [-0.3, -0.25) is 4.79 Å². The summed E-state index contributed by atoms with van der Waals surface area (Å²) in [5.41, 5.74) is 1.67. The second kappa shape index (κ2) is 7.36. The van der Waals surface area contributed by atoms with E-state index in [4.69, 9.17) is 5.11 Å². The monoisotopic (exact) mass is 308 g/mol. The van der Waals surface area contributed by atoms with Gasteiger partial charge in [-0.1, -0.05) is 19.1 Å². The molecule has 6 heteroatoms. The molecular formula is C15H20N2O3S. The van der Waals surface area contributed by atoms with Gasteiger partial charge in [0.15, 0.2) is 0 Å². The van der Waals surface area contributed by atoms with Crippen LogP contribution in [0, 0.1) is 0 Å². The van der Waals surface area contributed by atoms with Gasteiger partial charge in [-0.25, -0.2) is 4.79 Å². The zero-order chi connectivity index (χ0) is 15.2. The Bertz CT molecular complexity index is 498. The Kier molecular flexibility index (Phi) is 5.50. The van der Waals surface area contributed by atoms with Crippen molar-refractivity contribution >= 4 is 29.4 Å². The van der Waals surface area contributed by atoms with Crippen molar-refractivity contribution in [1.82, 2.24) is 5.32 Å². The van der Waals surface area contributed by atoms with Crippen molar-refractivity contribution in [3.63, 3.8) is 0 Å². The predicted molar refractivity (Wildman–Crippen MR) is 85.0 cm³/mol. The van der Waals surface area contributed by atoms with Gasteiger partial charge in [0.1, 0.15) is 0 Å². The minimum absolute atomic E-state index is 0.0408. The summed E-state index contributed by atoms with van der Waals surface area (Å²) in [6.07, 6.45) is 1.12. The maximum atomic E-state index is 11.8. The van der Waals surface area contributed by atoms with Crippen LogP contribution in [0.2, 0.25) is 0 Å².